The quantitative estimate of drug-likeness (QED) is 0.848. The van der Waals surface area contributed by atoms with E-state index in [1.807, 2.05) is 4.57 Å². The van der Waals surface area contributed by atoms with Crippen LogP contribution in [0, 0.1) is 11.3 Å². The van der Waals surface area contributed by atoms with Crippen molar-refractivity contribution >= 4 is 16.6 Å². The Balaban J connectivity index is 2.19. The van der Waals surface area contributed by atoms with Gasteiger partial charge in [-0.05, 0) is 37.1 Å². The number of rotatable bonds is 4. The first-order chi connectivity index (χ1) is 11.0. The van der Waals surface area contributed by atoms with Crippen LogP contribution in [-0.4, -0.2) is 16.0 Å². The van der Waals surface area contributed by atoms with Gasteiger partial charge in [0.2, 0.25) is 0 Å². The molecule has 7 heteroatoms. The number of alkyl halides is 2. The molecule has 23 heavy (non-hydrogen) atoms. The van der Waals surface area contributed by atoms with Crippen molar-refractivity contribution in [2.45, 2.75) is 25.3 Å². The van der Waals surface area contributed by atoms with E-state index in [2.05, 4.69) is 11.1 Å². The molecule has 0 atom stereocenters. The Hall–Kier alpha value is -2.88. The normalized spacial score (nSPS) is 16.1. The van der Waals surface area contributed by atoms with Gasteiger partial charge in [0.1, 0.15) is 5.82 Å². The molecule has 0 bridgehead atoms. The summed E-state index contributed by atoms with van der Waals surface area (Å²) in [4.78, 5) is 4.49. The molecule has 0 amide bonds. The van der Waals surface area contributed by atoms with Crippen molar-refractivity contribution < 1.29 is 8.78 Å². The minimum absolute atomic E-state index is 0.236. The van der Waals surface area contributed by atoms with Crippen molar-refractivity contribution in [2.24, 2.45) is 11.5 Å². The van der Waals surface area contributed by atoms with E-state index in [9.17, 15) is 8.78 Å². The second-order valence-corrected chi connectivity index (χ2v) is 5.42. The predicted molar refractivity (Wildman–Crippen MR) is 83.2 cm³/mol. The van der Waals surface area contributed by atoms with Gasteiger partial charge in [0, 0.05) is 17.8 Å². The third-order valence-electron chi connectivity index (χ3n) is 3.74. The molecule has 1 aromatic heterocycles. The second kappa shape index (κ2) is 5.72. The number of hydrogen-bond donors (Lipinski definition) is 2. The van der Waals surface area contributed by atoms with E-state index in [1.54, 1.807) is 18.2 Å². The molecule has 1 aliphatic carbocycles. The van der Waals surface area contributed by atoms with Crippen molar-refractivity contribution in [2.75, 3.05) is 0 Å². The monoisotopic (exact) mass is 315 g/mol. The first-order valence-electron chi connectivity index (χ1n) is 7.14. The van der Waals surface area contributed by atoms with Crippen LogP contribution in [0.15, 0.2) is 36.2 Å². The second-order valence-electron chi connectivity index (χ2n) is 5.42. The number of hydrogen-bond acceptors (Lipinski definition) is 4. The average molecular weight is 315 g/mol. The van der Waals surface area contributed by atoms with Gasteiger partial charge in [-0.25, -0.2) is 13.8 Å². The fraction of sp³-hybridized carbons (Fsp3) is 0.250. The molecule has 1 fully saturated rings. The molecule has 0 aliphatic heterocycles. The maximum absolute atomic E-state index is 12.7. The van der Waals surface area contributed by atoms with Crippen molar-refractivity contribution in [3.63, 3.8) is 0 Å². The number of halogens is 2. The zero-order valence-electron chi connectivity index (χ0n) is 12.2. The molecule has 0 radical (unpaired) electrons. The maximum atomic E-state index is 12.7. The summed E-state index contributed by atoms with van der Waals surface area (Å²) in [7, 11) is 0. The highest BCUT2D eigenvalue weighted by Crippen LogP contribution is 2.40. The number of imidazole rings is 1. The molecule has 4 N–H and O–H groups in total. The van der Waals surface area contributed by atoms with Crippen LogP contribution in [0.4, 0.5) is 8.78 Å². The maximum Gasteiger partial charge on any atom is 0.277 e. The van der Waals surface area contributed by atoms with Crippen molar-refractivity contribution in [3.05, 3.63) is 47.6 Å². The minimum Gasteiger partial charge on any atom is -0.404 e. The molecule has 0 saturated heterocycles. The summed E-state index contributed by atoms with van der Waals surface area (Å²) < 4.78 is 27.3. The molecule has 0 spiro atoms. The van der Waals surface area contributed by atoms with Crippen LogP contribution in [0.5, 0.6) is 0 Å². The van der Waals surface area contributed by atoms with Crippen LogP contribution in [0.2, 0.25) is 0 Å². The van der Waals surface area contributed by atoms with Crippen LogP contribution in [-0.2, 0) is 0 Å². The molecule has 2 aromatic rings. The molecule has 1 saturated carbocycles. The lowest BCUT2D eigenvalue weighted by molar-refractivity contribution is 0.188. The molecule has 1 aromatic carbocycles. The van der Waals surface area contributed by atoms with Gasteiger partial charge in [0.15, 0.2) is 0 Å². The van der Waals surface area contributed by atoms with Gasteiger partial charge in [-0.2, -0.15) is 5.26 Å². The molecule has 118 valence electrons. The SMILES string of the molecule is N#Cc1ccc2nc(C(/C=C(\N)C(F)F)=C/N)n(C3CC3)c2c1. The largest absolute Gasteiger partial charge is 0.404 e. The van der Waals surface area contributed by atoms with Crippen molar-refractivity contribution in [1.29, 1.82) is 5.26 Å². The van der Waals surface area contributed by atoms with Gasteiger partial charge < -0.3 is 16.0 Å². The number of aromatic nitrogens is 2. The fourth-order valence-corrected chi connectivity index (χ4v) is 2.50. The summed E-state index contributed by atoms with van der Waals surface area (Å²) in [5, 5.41) is 9.06. The number of nitriles is 1. The Morgan fingerprint density at radius 2 is 2.17 bits per heavy atom. The van der Waals surface area contributed by atoms with E-state index in [4.69, 9.17) is 16.7 Å². The van der Waals surface area contributed by atoms with Crippen LogP contribution >= 0.6 is 0 Å². The Morgan fingerprint density at radius 1 is 1.43 bits per heavy atom. The summed E-state index contributed by atoms with van der Waals surface area (Å²) in [5.41, 5.74) is 12.7. The standard InChI is InChI=1S/C16H15F2N5/c17-15(18)12(21)6-10(8-20)16-22-13-4-1-9(7-19)5-14(13)23(16)11-2-3-11/h1,4-6,8,11,15H,2-3,20-21H2/b10-8+,12-6-. The lowest BCUT2D eigenvalue weighted by atomic mass is 10.2. The Kier molecular flexibility index (Phi) is 3.74. The molecular formula is C16H15F2N5. The summed E-state index contributed by atoms with van der Waals surface area (Å²) in [6.07, 6.45) is 1.56. The number of fused-ring (bicyclic) bond motifs is 1. The van der Waals surface area contributed by atoms with E-state index in [-0.39, 0.29) is 6.04 Å². The minimum atomic E-state index is -2.76. The summed E-state index contributed by atoms with van der Waals surface area (Å²) in [5.74, 6) is 0.490. The molecule has 5 nitrogen and oxygen atoms in total. The van der Waals surface area contributed by atoms with E-state index >= 15 is 0 Å². The zero-order chi connectivity index (χ0) is 16.6. The summed E-state index contributed by atoms with van der Waals surface area (Å²) in [6.45, 7) is 0. The highest BCUT2D eigenvalue weighted by atomic mass is 19.3. The Bertz CT molecular complexity index is 853. The smallest absolute Gasteiger partial charge is 0.277 e. The van der Waals surface area contributed by atoms with Gasteiger partial charge in [-0.3, -0.25) is 0 Å². The lowest BCUT2D eigenvalue weighted by Gasteiger charge is -2.09. The van der Waals surface area contributed by atoms with Crippen molar-refractivity contribution in [1.82, 2.24) is 9.55 Å². The van der Waals surface area contributed by atoms with Crippen molar-refractivity contribution in [3.8, 4) is 6.07 Å². The first-order valence-corrected chi connectivity index (χ1v) is 7.14. The Morgan fingerprint density at radius 3 is 2.74 bits per heavy atom. The van der Waals surface area contributed by atoms with Gasteiger partial charge in [0.05, 0.1) is 28.4 Å². The summed E-state index contributed by atoms with van der Waals surface area (Å²) >= 11 is 0. The third kappa shape index (κ3) is 2.75. The number of nitrogens with zero attached hydrogens (tertiary/aromatic N) is 3. The number of allylic oxidation sites excluding steroid dienone is 3. The van der Waals surface area contributed by atoms with E-state index in [1.165, 1.54) is 6.20 Å². The molecule has 0 unspecified atom stereocenters. The van der Waals surface area contributed by atoms with Crippen LogP contribution in [0.1, 0.15) is 30.3 Å². The number of nitrogens with two attached hydrogens (primary N) is 2. The van der Waals surface area contributed by atoms with Gasteiger partial charge in [-0.1, -0.05) is 0 Å². The lowest BCUT2D eigenvalue weighted by Crippen LogP contribution is -2.09. The predicted octanol–water partition coefficient (Wildman–Crippen LogP) is 2.65. The van der Waals surface area contributed by atoms with Crippen LogP contribution in [0.25, 0.3) is 16.6 Å². The number of benzene rings is 1. The zero-order valence-corrected chi connectivity index (χ0v) is 12.2. The molecule has 1 aliphatic rings. The average Bonchev–Trinajstić information content (AvgIpc) is 3.31. The van der Waals surface area contributed by atoms with Crippen LogP contribution in [0.3, 0.4) is 0 Å². The fourth-order valence-electron chi connectivity index (χ4n) is 2.50. The highest BCUT2D eigenvalue weighted by molar-refractivity contribution is 5.83. The van der Waals surface area contributed by atoms with Crippen LogP contribution < -0.4 is 11.5 Å². The Labute approximate surface area is 131 Å². The first kappa shape index (κ1) is 15.0. The van der Waals surface area contributed by atoms with Gasteiger partial charge in [0.25, 0.3) is 6.43 Å². The van der Waals surface area contributed by atoms with Gasteiger partial charge >= 0.3 is 0 Å². The third-order valence-corrected chi connectivity index (χ3v) is 3.74. The van der Waals surface area contributed by atoms with E-state index in [0.717, 1.165) is 24.4 Å². The highest BCUT2D eigenvalue weighted by Gasteiger charge is 2.29. The molecular weight excluding hydrogens is 300 g/mol. The van der Waals surface area contributed by atoms with Gasteiger partial charge in [-0.15, -0.1) is 0 Å². The van der Waals surface area contributed by atoms with E-state index in [0.29, 0.717) is 22.5 Å². The summed E-state index contributed by atoms with van der Waals surface area (Å²) in [6, 6.07) is 7.49. The van der Waals surface area contributed by atoms with E-state index < -0.39 is 12.1 Å². The molecule has 1 heterocycles. The molecule has 3 rings (SSSR count). The topological polar surface area (TPSA) is 93.7 Å².